The summed E-state index contributed by atoms with van der Waals surface area (Å²) in [6, 6.07) is 13.1. The predicted molar refractivity (Wildman–Crippen MR) is 115 cm³/mol. The summed E-state index contributed by atoms with van der Waals surface area (Å²) in [5.74, 6) is 0.110. The van der Waals surface area contributed by atoms with Gasteiger partial charge in [0.2, 0.25) is 0 Å². The standard InChI is InChI=1S/C22H24ClN3O2/c1-15-12-22(2,3)26(4)19-10-9-16(11-17(15)19)13-24-25-21(27)14-28-20-8-6-5-7-18(20)23/h5-13H,14H2,1-4H3,(H,25,27)/b24-13+. The van der Waals surface area contributed by atoms with E-state index in [4.69, 9.17) is 16.3 Å². The lowest BCUT2D eigenvalue weighted by Gasteiger charge is -2.40. The highest BCUT2D eigenvalue weighted by atomic mass is 35.5. The van der Waals surface area contributed by atoms with E-state index in [1.54, 1.807) is 30.5 Å². The van der Waals surface area contributed by atoms with Crippen LogP contribution in [0.5, 0.6) is 5.75 Å². The van der Waals surface area contributed by atoms with Crippen molar-refractivity contribution in [2.75, 3.05) is 18.6 Å². The maximum atomic E-state index is 11.9. The van der Waals surface area contributed by atoms with Crippen LogP contribution in [0.2, 0.25) is 5.02 Å². The first-order chi connectivity index (χ1) is 13.3. The summed E-state index contributed by atoms with van der Waals surface area (Å²) < 4.78 is 5.39. The first-order valence-electron chi connectivity index (χ1n) is 9.05. The fourth-order valence-corrected chi connectivity index (χ4v) is 3.36. The van der Waals surface area contributed by atoms with Crippen molar-refractivity contribution in [3.8, 4) is 5.75 Å². The average molecular weight is 398 g/mol. The highest BCUT2D eigenvalue weighted by molar-refractivity contribution is 6.32. The van der Waals surface area contributed by atoms with Crippen molar-refractivity contribution in [3.63, 3.8) is 0 Å². The van der Waals surface area contributed by atoms with Gasteiger partial charge in [0.25, 0.3) is 5.91 Å². The van der Waals surface area contributed by atoms with E-state index in [0.29, 0.717) is 10.8 Å². The van der Waals surface area contributed by atoms with Crippen molar-refractivity contribution in [1.29, 1.82) is 0 Å². The number of hydrazone groups is 1. The van der Waals surface area contributed by atoms with Crippen LogP contribution in [-0.2, 0) is 4.79 Å². The third-order valence-corrected chi connectivity index (χ3v) is 5.15. The fraction of sp³-hybridized carbons (Fsp3) is 0.273. The number of benzene rings is 2. The van der Waals surface area contributed by atoms with Crippen LogP contribution in [0.15, 0.2) is 53.6 Å². The molecule has 1 N–H and O–H groups in total. The molecular formula is C22H24ClN3O2. The van der Waals surface area contributed by atoms with Gasteiger partial charge in [-0.05, 0) is 56.2 Å². The zero-order valence-corrected chi connectivity index (χ0v) is 17.2. The lowest BCUT2D eigenvalue weighted by molar-refractivity contribution is -0.123. The number of allylic oxidation sites excluding steroid dienone is 1. The predicted octanol–water partition coefficient (Wildman–Crippen LogP) is 4.50. The monoisotopic (exact) mass is 397 g/mol. The van der Waals surface area contributed by atoms with E-state index in [1.807, 2.05) is 6.07 Å². The second kappa shape index (κ2) is 8.07. The van der Waals surface area contributed by atoms with Crippen LogP contribution < -0.4 is 15.1 Å². The molecule has 1 amide bonds. The van der Waals surface area contributed by atoms with Crippen molar-refractivity contribution in [2.24, 2.45) is 5.10 Å². The number of halogens is 1. The van der Waals surface area contributed by atoms with E-state index < -0.39 is 0 Å². The fourth-order valence-electron chi connectivity index (χ4n) is 3.17. The number of likely N-dealkylation sites (N-methyl/N-ethyl adjacent to an activating group) is 1. The molecule has 0 spiro atoms. The number of carbonyl (C=O) groups is 1. The van der Waals surface area contributed by atoms with Gasteiger partial charge in [-0.1, -0.05) is 35.9 Å². The van der Waals surface area contributed by atoms with E-state index >= 15 is 0 Å². The second-order valence-corrected chi connectivity index (χ2v) is 7.74. The van der Waals surface area contributed by atoms with Crippen molar-refractivity contribution < 1.29 is 9.53 Å². The number of fused-ring (bicyclic) bond motifs is 1. The van der Waals surface area contributed by atoms with E-state index in [1.165, 1.54) is 16.8 Å². The van der Waals surface area contributed by atoms with Crippen LogP contribution in [-0.4, -0.2) is 31.3 Å². The SMILES string of the molecule is CC1=CC(C)(C)N(C)c2ccc(/C=N/NC(=O)COc3ccccc3Cl)cc21. The molecule has 0 atom stereocenters. The molecule has 1 aliphatic rings. The molecule has 0 radical (unpaired) electrons. The number of rotatable bonds is 5. The Kier molecular flexibility index (Phi) is 5.75. The molecule has 2 aromatic rings. The highest BCUT2D eigenvalue weighted by Crippen LogP contribution is 2.37. The number of hydrogen-bond acceptors (Lipinski definition) is 4. The first-order valence-corrected chi connectivity index (χ1v) is 9.43. The molecule has 28 heavy (non-hydrogen) atoms. The molecule has 1 heterocycles. The summed E-state index contributed by atoms with van der Waals surface area (Å²) >= 11 is 6.00. The third kappa shape index (κ3) is 4.37. The lowest BCUT2D eigenvalue weighted by Crippen LogP contribution is -2.42. The van der Waals surface area contributed by atoms with Crippen LogP contribution in [0.1, 0.15) is 31.9 Å². The van der Waals surface area contributed by atoms with Crippen molar-refractivity contribution >= 4 is 35.0 Å². The molecule has 2 aromatic carbocycles. The molecule has 0 saturated carbocycles. The Balaban J connectivity index is 1.62. The first kappa shape index (κ1) is 20.0. The quantitative estimate of drug-likeness (QED) is 0.597. The minimum absolute atomic E-state index is 0.0255. The van der Waals surface area contributed by atoms with Gasteiger partial charge in [-0.2, -0.15) is 5.10 Å². The normalized spacial score (nSPS) is 15.2. The van der Waals surface area contributed by atoms with Gasteiger partial charge >= 0.3 is 0 Å². The van der Waals surface area contributed by atoms with Crippen molar-refractivity contribution in [2.45, 2.75) is 26.3 Å². The Bertz CT molecular complexity index is 951. The molecule has 6 heteroatoms. The van der Waals surface area contributed by atoms with Crippen LogP contribution in [0.4, 0.5) is 5.69 Å². The summed E-state index contributed by atoms with van der Waals surface area (Å²) in [4.78, 5) is 14.2. The zero-order chi connectivity index (χ0) is 20.3. The topological polar surface area (TPSA) is 53.9 Å². The van der Waals surface area contributed by atoms with Gasteiger partial charge in [-0.15, -0.1) is 0 Å². The van der Waals surface area contributed by atoms with Crippen LogP contribution >= 0.6 is 11.6 Å². The Morgan fingerprint density at radius 1 is 1.29 bits per heavy atom. The van der Waals surface area contributed by atoms with E-state index in [0.717, 1.165) is 5.56 Å². The average Bonchev–Trinajstić information content (AvgIpc) is 2.65. The molecule has 146 valence electrons. The van der Waals surface area contributed by atoms with Gasteiger partial charge in [0, 0.05) is 18.3 Å². The minimum atomic E-state index is -0.355. The van der Waals surface area contributed by atoms with Gasteiger partial charge in [-0.25, -0.2) is 5.43 Å². The molecule has 5 nitrogen and oxygen atoms in total. The van der Waals surface area contributed by atoms with Crippen LogP contribution in [0.25, 0.3) is 5.57 Å². The molecule has 0 aromatic heterocycles. The molecule has 0 unspecified atom stereocenters. The van der Waals surface area contributed by atoms with Gasteiger partial charge in [-0.3, -0.25) is 4.79 Å². The molecule has 0 fully saturated rings. The van der Waals surface area contributed by atoms with E-state index in [9.17, 15) is 4.79 Å². The molecule has 0 saturated heterocycles. The molecule has 3 rings (SSSR count). The molecule has 0 bridgehead atoms. The smallest absolute Gasteiger partial charge is 0.277 e. The summed E-state index contributed by atoms with van der Waals surface area (Å²) in [7, 11) is 2.09. The van der Waals surface area contributed by atoms with Gasteiger partial charge in [0.15, 0.2) is 6.61 Å². The summed E-state index contributed by atoms with van der Waals surface area (Å²) in [6.45, 7) is 6.33. The number of anilines is 1. The lowest BCUT2D eigenvalue weighted by atomic mass is 9.89. The summed E-state index contributed by atoms with van der Waals surface area (Å²) in [5.41, 5.74) is 6.93. The summed E-state index contributed by atoms with van der Waals surface area (Å²) in [5, 5.41) is 4.49. The van der Waals surface area contributed by atoms with Crippen LogP contribution in [0.3, 0.4) is 0 Å². The number of amides is 1. The largest absolute Gasteiger partial charge is 0.482 e. The number of nitrogens with zero attached hydrogens (tertiary/aromatic N) is 2. The van der Waals surface area contributed by atoms with Crippen molar-refractivity contribution in [3.05, 3.63) is 64.7 Å². The maximum absolute atomic E-state index is 11.9. The third-order valence-electron chi connectivity index (χ3n) is 4.84. The number of carbonyl (C=O) groups excluding carboxylic acids is 1. The van der Waals surface area contributed by atoms with Gasteiger partial charge in [0.1, 0.15) is 5.75 Å². The Labute approximate surface area is 170 Å². The Morgan fingerprint density at radius 3 is 2.79 bits per heavy atom. The molecular weight excluding hydrogens is 374 g/mol. The number of para-hydroxylation sites is 1. The van der Waals surface area contributed by atoms with E-state index in [-0.39, 0.29) is 18.1 Å². The van der Waals surface area contributed by atoms with Gasteiger partial charge < -0.3 is 9.64 Å². The highest BCUT2D eigenvalue weighted by Gasteiger charge is 2.28. The summed E-state index contributed by atoms with van der Waals surface area (Å²) in [6.07, 6.45) is 3.88. The van der Waals surface area contributed by atoms with Crippen molar-refractivity contribution in [1.82, 2.24) is 5.43 Å². The Hall–Kier alpha value is -2.79. The number of nitrogens with one attached hydrogen (secondary N) is 1. The molecule has 1 aliphatic heterocycles. The number of ether oxygens (including phenoxy) is 1. The minimum Gasteiger partial charge on any atom is -0.482 e. The van der Waals surface area contributed by atoms with Gasteiger partial charge in [0.05, 0.1) is 16.8 Å². The Morgan fingerprint density at radius 2 is 2.04 bits per heavy atom. The van der Waals surface area contributed by atoms with Crippen LogP contribution in [0, 0.1) is 0 Å². The number of hydrogen-bond donors (Lipinski definition) is 1. The van der Waals surface area contributed by atoms with E-state index in [2.05, 4.69) is 61.5 Å². The molecule has 0 aliphatic carbocycles. The second-order valence-electron chi connectivity index (χ2n) is 7.33. The zero-order valence-electron chi connectivity index (χ0n) is 16.5. The maximum Gasteiger partial charge on any atom is 0.277 e.